The van der Waals surface area contributed by atoms with E-state index in [-0.39, 0.29) is 5.75 Å². The molecule has 1 saturated heterocycles. The van der Waals surface area contributed by atoms with E-state index in [1.807, 2.05) is 0 Å². The molecule has 0 unspecified atom stereocenters. The van der Waals surface area contributed by atoms with E-state index in [1.165, 1.54) is 32.6 Å². The van der Waals surface area contributed by atoms with Crippen LogP contribution in [0.15, 0.2) is 47.6 Å². The Bertz CT molecular complexity index is 914. The van der Waals surface area contributed by atoms with Crippen molar-refractivity contribution in [2.75, 3.05) is 14.2 Å². The van der Waals surface area contributed by atoms with Crippen LogP contribution in [0.5, 0.6) is 11.5 Å². The van der Waals surface area contributed by atoms with Gasteiger partial charge < -0.3 is 14.8 Å². The number of imide groups is 1. The Labute approximate surface area is 155 Å². The highest BCUT2D eigenvalue weighted by Crippen LogP contribution is 2.30. The number of hydrogen-bond donors (Lipinski definition) is 1. The molecule has 7 nitrogen and oxygen atoms in total. The first-order valence-corrected chi connectivity index (χ1v) is 8.08. The van der Waals surface area contributed by atoms with E-state index in [0.29, 0.717) is 16.9 Å². The highest BCUT2D eigenvalue weighted by atomic mass is 19.1. The fraction of sp³-hybridized carbons (Fsp3) is 0.211. The van der Waals surface area contributed by atoms with Crippen LogP contribution in [-0.2, 0) is 10.3 Å². The highest BCUT2D eigenvalue weighted by Gasteiger charge is 2.49. The standard InChI is InChI=1S/C19H18FN3O4/c1-19(13-5-7-14(26-2)8-6-13)17(24)23(18(25)22-19)21-11-12-4-9-16(27-3)15(20)10-12/h4-11H,1-3H3,(H,22,25)/b21-11-/t19-/m1/s1. The number of benzene rings is 2. The summed E-state index contributed by atoms with van der Waals surface area (Å²) in [5, 5.41) is 7.29. The summed E-state index contributed by atoms with van der Waals surface area (Å²) in [6.45, 7) is 1.59. The largest absolute Gasteiger partial charge is 0.497 e. The third-order valence-electron chi connectivity index (χ3n) is 4.33. The van der Waals surface area contributed by atoms with Crippen LogP contribution in [0.1, 0.15) is 18.1 Å². The van der Waals surface area contributed by atoms with Crippen LogP contribution < -0.4 is 14.8 Å². The minimum Gasteiger partial charge on any atom is -0.497 e. The van der Waals surface area contributed by atoms with E-state index in [4.69, 9.17) is 9.47 Å². The Hall–Kier alpha value is -3.42. The molecule has 1 heterocycles. The van der Waals surface area contributed by atoms with E-state index in [0.717, 1.165) is 5.01 Å². The Morgan fingerprint density at radius 1 is 1.11 bits per heavy atom. The van der Waals surface area contributed by atoms with Crippen molar-refractivity contribution in [2.45, 2.75) is 12.5 Å². The zero-order chi connectivity index (χ0) is 19.6. The molecule has 2 aromatic carbocycles. The molecule has 0 spiro atoms. The fourth-order valence-electron chi connectivity index (χ4n) is 2.74. The second kappa shape index (κ2) is 7.06. The third kappa shape index (κ3) is 3.33. The van der Waals surface area contributed by atoms with Gasteiger partial charge in [-0.1, -0.05) is 12.1 Å². The number of carbonyl (C=O) groups is 2. The van der Waals surface area contributed by atoms with Crippen LogP contribution in [0, 0.1) is 5.82 Å². The SMILES string of the molecule is COc1ccc([C@@]2(C)NC(=O)N(/N=C\c3ccc(OC)c(F)c3)C2=O)cc1. The van der Waals surface area contributed by atoms with E-state index in [1.54, 1.807) is 37.3 Å². The van der Waals surface area contributed by atoms with Gasteiger partial charge in [0.1, 0.15) is 11.3 Å². The summed E-state index contributed by atoms with van der Waals surface area (Å²) >= 11 is 0. The minimum absolute atomic E-state index is 0.0919. The van der Waals surface area contributed by atoms with E-state index in [9.17, 15) is 14.0 Å². The molecule has 1 atom stereocenters. The number of nitrogens with one attached hydrogen (secondary N) is 1. The van der Waals surface area contributed by atoms with E-state index >= 15 is 0 Å². The molecule has 27 heavy (non-hydrogen) atoms. The van der Waals surface area contributed by atoms with Crippen molar-refractivity contribution in [3.05, 3.63) is 59.4 Å². The lowest BCUT2D eigenvalue weighted by molar-refractivity contribution is -0.131. The van der Waals surface area contributed by atoms with Crippen molar-refractivity contribution < 1.29 is 23.5 Å². The number of nitrogens with zero attached hydrogens (tertiary/aromatic N) is 2. The number of amides is 3. The summed E-state index contributed by atoms with van der Waals surface area (Å²) < 4.78 is 23.7. The summed E-state index contributed by atoms with van der Waals surface area (Å²) in [6.07, 6.45) is 1.24. The molecule has 0 aliphatic carbocycles. The van der Waals surface area contributed by atoms with Crippen LogP contribution in [0.25, 0.3) is 0 Å². The second-order valence-corrected chi connectivity index (χ2v) is 6.04. The number of hydrazone groups is 1. The van der Waals surface area contributed by atoms with Gasteiger partial charge in [-0.3, -0.25) is 4.79 Å². The van der Waals surface area contributed by atoms with Gasteiger partial charge in [0.25, 0.3) is 5.91 Å². The normalized spacial score (nSPS) is 19.5. The Kier molecular flexibility index (Phi) is 4.81. The lowest BCUT2D eigenvalue weighted by Gasteiger charge is -2.21. The van der Waals surface area contributed by atoms with Crippen molar-refractivity contribution in [3.8, 4) is 11.5 Å². The molecule has 3 rings (SSSR count). The predicted molar refractivity (Wildman–Crippen MR) is 96.3 cm³/mol. The van der Waals surface area contributed by atoms with E-state index < -0.39 is 23.3 Å². The quantitative estimate of drug-likeness (QED) is 0.647. The summed E-state index contributed by atoms with van der Waals surface area (Å²) in [7, 11) is 2.90. The molecule has 2 aromatic rings. The van der Waals surface area contributed by atoms with Crippen molar-refractivity contribution in [3.63, 3.8) is 0 Å². The van der Waals surface area contributed by atoms with Gasteiger partial charge >= 0.3 is 6.03 Å². The van der Waals surface area contributed by atoms with Gasteiger partial charge in [0.05, 0.1) is 20.4 Å². The van der Waals surface area contributed by atoms with Gasteiger partial charge in [0, 0.05) is 0 Å². The Morgan fingerprint density at radius 3 is 2.41 bits per heavy atom. The lowest BCUT2D eigenvalue weighted by atomic mass is 9.92. The Balaban J connectivity index is 1.84. The first-order valence-electron chi connectivity index (χ1n) is 8.08. The summed E-state index contributed by atoms with van der Waals surface area (Å²) in [4.78, 5) is 25.0. The number of halogens is 1. The van der Waals surface area contributed by atoms with Crippen molar-refractivity contribution >= 4 is 18.2 Å². The molecule has 1 fully saturated rings. The number of urea groups is 1. The van der Waals surface area contributed by atoms with Crippen molar-refractivity contribution in [1.82, 2.24) is 10.3 Å². The zero-order valence-electron chi connectivity index (χ0n) is 15.0. The molecule has 1 N–H and O–H groups in total. The number of carbonyl (C=O) groups excluding carboxylic acids is 2. The third-order valence-corrected chi connectivity index (χ3v) is 4.33. The fourth-order valence-corrected chi connectivity index (χ4v) is 2.74. The first-order chi connectivity index (χ1) is 12.9. The molecule has 140 valence electrons. The molecule has 0 saturated carbocycles. The van der Waals surface area contributed by atoms with Gasteiger partial charge in [-0.25, -0.2) is 9.18 Å². The predicted octanol–water partition coefficient (Wildman–Crippen LogP) is 2.64. The van der Waals surface area contributed by atoms with Crippen LogP contribution >= 0.6 is 0 Å². The lowest BCUT2D eigenvalue weighted by Crippen LogP contribution is -2.40. The number of methoxy groups -OCH3 is 2. The second-order valence-electron chi connectivity index (χ2n) is 6.04. The van der Waals surface area contributed by atoms with Gasteiger partial charge in [0.2, 0.25) is 0 Å². The molecule has 3 amide bonds. The van der Waals surface area contributed by atoms with Gasteiger partial charge in [-0.2, -0.15) is 5.10 Å². The smallest absolute Gasteiger partial charge is 0.346 e. The zero-order valence-corrected chi connectivity index (χ0v) is 15.0. The van der Waals surface area contributed by atoms with Gasteiger partial charge in [-0.15, -0.1) is 5.01 Å². The summed E-state index contributed by atoms with van der Waals surface area (Å²) in [5.41, 5.74) is -0.284. The Morgan fingerprint density at radius 2 is 1.81 bits per heavy atom. The summed E-state index contributed by atoms with van der Waals surface area (Å²) in [5.74, 6) is -0.380. The number of ether oxygens (including phenoxy) is 2. The highest BCUT2D eigenvalue weighted by molar-refractivity contribution is 6.07. The molecule has 8 heteroatoms. The van der Waals surface area contributed by atoms with Crippen LogP contribution in [-0.4, -0.2) is 37.4 Å². The molecule has 1 aliphatic heterocycles. The monoisotopic (exact) mass is 371 g/mol. The first kappa shape index (κ1) is 18.4. The van der Waals surface area contributed by atoms with Gasteiger partial charge in [-0.05, 0) is 48.4 Å². The molecule has 0 bridgehead atoms. The maximum absolute atomic E-state index is 13.8. The number of rotatable bonds is 5. The molecule has 0 radical (unpaired) electrons. The maximum Gasteiger partial charge on any atom is 0.346 e. The molecular formula is C19H18FN3O4. The van der Waals surface area contributed by atoms with Gasteiger partial charge in [0.15, 0.2) is 11.6 Å². The van der Waals surface area contributed by atoms with Crippen LogP contribution in [0.2, 0.25) is 0 Å². The molecular weight excluding hydrogens is 353 g/mol. The van der Waals surface area contributed by atoms with E-state index in [2.05, 4.69) is 10.4 Å². The molecule has 1 aliphatic rings. The topological polar surface area (TPSA) is 80.2 Å². The maximum atomic E-state index is 13.8. The molecule has 0 aromatic heterocycles. The minimum atomic E-state index is -1.26. The summed E-state index contributed by atoms with van der Waals surface area (Å²) in [6, 6.07) is 10.3. The number of hydrogen-bond acceptors (Lipinski definition) is 5. The van der Waals surface area contributed by atoms with Crippen LogP contribution in [0.3, 0.4) is 0 Å². The average molecular weight is 371 g/mol. The average Bonchev–Trinajstić information content (AvgIpc) is 2.89. The van der Waals surface area contributed by atoms with Crippen LogP contribution in [0.4, 0.5) is 9.18 Å². The van der Waals surface area contributed by atoms with Crippen molar-refractivity contribution in [1.29, 1.82) is 0 Å². The van der Waals surface area contributed by atoms with Crippen molar-refractivity contribution in [2.24, 2.45) is 5.10 Å².